The number of carbonyl (C=O) groups is 1. The first-order valence-corrected chi connectivity index (χ1v) is 8.18. The molecule has 0 aromatic carbocycles. The van der Waals surface area contributed by atoms with Gasteiger partial charge in [-0.2, -0.15) is 4.37 Å². The summed E-state index contributed by atoms with van der Waals surface area (Å²) >= 11 is 1.33. The predicted octanol–water partition coefficient (Wildman–Crippen LogP) is 1.15. The van der Waals surface area contributed by atoms with Crippen LogP contribution in [0.5, 0.6) is 0 Å². The summed E-state index contributed by atoms with van der Waals surface area (Å²) in [5, 5.41) is 3.93. The standard InChI is InChI=1S/C14H23N5OS/c1-14(2)8-19(7-6-18(14)3)13-10(11(15)17-21-13)12(20)16-9-4-5-9/h9H,4-8H2,1-3H3,(H2,15,17)(H,16,20). The summed E-state index contributed by atoms with van der Waals surface area (Å²) in [4.78, 5) is 17.0. The number of hydrogen-bond acceptors (Lipinski definition) is 6. The molecule has 2 aliphatic rings. The Kier molecular flexibility index (Phi) is 3.57. The molecule has 0 spiro atoms. The van der Waals surface area contributed by atoms with Gasteiger partial charge < -0.3 is 16.0 Å². The van der Waals surface area contributed by atoms with Gasteiger partial charge in [0.1, 0.15) is 10.6 Å². The molecule has 1 aliphatic carbocycles. The summed E-state index contributed by atoms with van der Waals surface area (Å²) in [5.74, 6) is 0.278. The largest absolute Gasteiger partial charge is 0.382 e. The van der Waals surface area contributed by atoms with E-state index in [0.29, 0.717) is 17.4 Å². The first-order valence-electron chi connectivity index (χ1n) is 7.40. The molecule has 1 saturated carbocycles. The molecular weight excluding hydrogens is 286 g/mol. The van der Waals surface area contributed by atoms with Gasteiger partial charge >= 0.3 is 0 Å². The van der Waals surface area contributed by atoms with Crippen LogP contribution < -0.4 is 16.0 Å². The summed E-state index contributed by atoms with van der Waals surface area (Å²) in [6.07, 6.45) is 2.14. The van der Waals surface area contributed by atoms with Gasteiger partial charge in [-0.1, -0.05) is 0 Å². The third kappa shape index (κ3) is 2.85. The van der Waals surface area contributed by atoms with E-state index in [9.17, 15) is 4.79 Å². The first kappa shape index (κ1) is 14.6. The van der Waals surface area contributed by atoms with Crippen molar-refractivity contribution in [2.45, 2.75) is 38.3 Å². The number of hydrogen-bond donors (Lipinski definition) is 2. The van der Waals surface area contributed by atoms with Crippen LogP contribution in [-0.4, -0.2) is 53.4 Å². The van der Waals surface area contributed by atoms with Crippen LogP contribution in [0, 0.1) is 0 Å². The van der Waals surface area contributed by atoms with Gasteiger partial charge in [0.2, 0.25) is 0 Å². The van der Waals surface area contributed by atoms with Crippen LogP contribution in [0.1, 0.15) is 37.0 Å². The van der Waals surface area contributed by atoms with Crippen molar-refractivity contribution in [1.29, 1.82) is 0 Å². The minimum atomic E-state index is -0.0736. The number of aromatic nitrogens is 1. The molecule has 2 heterocycles. The molecule has 0 unspecified atom stereocenters. The quantitative estimate of drug-likeness (QED) is 0.876. The fraction of sp³-hybridized carbons (Fsp3) is 0.714. The lowest BCUT2D eigenvalue weighted by atomic mass is 10.00. The number of piperazine rings is 1. The van der Waals surface area contributed by atoms with Crippen molar-refractivity contribution in [1.82, 2.24) is 14.6 Å². The zero-order valence-corrected chi connectivity index (χ0v) is 13.7. The molecule has 6 nitrogen and oxygen atoms in total. The number of nitrogen functional groups attached to an aromatic ring is 1. The Morgan fingerprint density at radius 2 is 2.14 bits per heavy atom. The maximum Gasteiger partial charge on any atom is 0.258 e. The summed E-state index contributed by atoms with van der Waals surface area (Å²) < 4.78 is 4.21. The van der Waals surface area contributed by atoms with Gasteiger partial charge in [-0.05, 0) is 45.3 Å². The van der Waals surface area contributed by atoms with Crippen molar-refractivity contribution in [2.24, 2.45) is 0 Å². The molecular formula is C14H23N5OS. The molecule has 1 aromatic heterocycles. The second-order valence-electron chi connectivity index (χ2n) is 6.65. The Morgan fingerprint density at radius 1 is 1.43 bits per heavy atom. The van der Waals surface area contributed by atoms with Gasteiger partial charge in [0.05, 0.1) is 0 Å². The summed E-state index contributed by atoms with van der Waals surface area (Å²) in [6, 6.07) is 0.327. The van der Waals surface area contributed by atoms with Gasteiger partial charge in [-0.3, -0.25) is 9.69 Å². The average molecular weight is 309 g/mol. The summed E-state index contributed by atoms with van der Waals surface area (Å²) in [6.45, 7) is 7.16. The van der Waals surface area contributed by atoms with E-state index in [4.69, 9.17) is 5.73 Å². The SMILES string of the molecule is CN1CCN(c2snc(N)c2C(=O)NC2CC2)CC1(C)C. The van der Waals surface area contributed by atoms with Crippen molar-refractivity contribution in [3.05, 3.63) is 5.56 Å². The van der Waals surface area contributed by atoms with Crippen LogP contribution in [-0.2, 0) is 0 Å². The van der Waals surface area contributed by atoms with Gasteiger partial charge in [-0.15, -0.1) is 0 Å². The fourth-order valence-electron chi connectivity index (χ4n) is 2.62. The Bertz CT molecular complexity index is 552. The minimum Gasteiger partial charge on any atom is -0.382 e. The van der Waals surface area contributed by atoms with E-state index in [1.54, 1.807) is 0 Å². The molecule has 3 N–H and O–H groups in total. The van der Waals surface area contributed by atoms with E-state index in [1.807, 2.05) is 0 Å². The second kappa shape index (κ2) is 5.14. The molecule has 1 saturated heterocycles. The van der Waals surface area contributed by atoms with E-state index in [0.717, 1.165) is 37.5 Å². The number of anilines is 2. The van der Waals surface area contributed by atoms with Crippen LogP contribution in [0.25, 0.3) is 0 Å². The molecule has 2 fully saturated rings. The Balaban J connectivity index is 1.83. The molecule has 0 bridgehead atoms. The van der Waals surface area contributed by atoms with Crippen molar-refractivity contribution >= 4 is 28.3 Å². The van der Waals surface area contributed by atoms with E-state index >= 15 is 0 Å². The number of carbonyl (C=O) groups excluding carboxylic acids is 1. The summed E-state index contributed by atoms with van der Waals surface area (Å²) in [5.41, 5.74) is 6.57. The maximum absolute atomic E-state index is 12.4. The van der Waals surface area contributed by atoms with Crippen molar-refractivity contribution in [2.75, 3.05) is 37.3 Å². The third-order valence-electron chi connectivity index (χ3n) is 4.44. The molecule has 1 aliphatic heterocycles. The molecule has 1 amide bonds. The van der Waals surface area contributed by atoms with Gasteiger partial charge in [0, 0.05) is 31.2 Å². The van der Waals surface area contributed by atoms with E-state index < -0.39 is 0 Å². The van der Waals surface area contributed by atoms with Crippen LogP contribution >= 0.6 is 11.5 Å². The second-order valence-corrected chi connectivity index (χ2v) is 7.40. The normalized spacial score (nSPS) is 22.3. The summed E-state index contributed by atoms with van der Waals surface area (Å²) in [7, 11) is 2.14. The number of likely N-dealkylation sites (N-methyl/N-ethyl adjacent to an activating group) is 1. The van der Waals surface area contributed by atoms with Gasteiger partial charge in [-0.25, -0.2) is 0 Å². The average Bonchev–Trinajstić information content (AvgIpc) is 3.13. The highest BCUT2D eigenvalue weighted by Crippen LogP contribution is 2.34. The number of nitrogens with one attached hydrogen (secondary N) is 1. The Hall–Kier alpha value is -1.34. The molecule has 116 valence electrons. The lowest BCUT2D eigenvalue weighted by Crippen LogP contribution is -2.57. The number of nitrogens with zero attached hydrogens (tertiary/aromatic N) is 3. The predicted molar refractivity (Wildman–Crippen MR) is 85.9 cm³/mol. The van der Waals surface area contributed by atoms with Crippen LogP contribution in [0.15, 0.2) is 0 Å². The Morgan fingerprint density at radius 3 is 2.76 bits per heavy atom. The van der Waals surface area contributed by atoms with E-state index in [1.165, 1.54) is 11.5 Å². The lowest BCUT2D eigenvalue weighted by molar-refractivity contribution is 0.0951. The van der Waals surface area contributed by atoms with Gasteiger partial charge in [0.25, 0.3) is 5.91 Å². The van der Waals surface area contributed by atoms with Crippen molar-refractivity contribution < 1.29 is 4.79 Å². The third-order valence-corrected chi connectivity index (χ3v) is 5.37. The lowest BCUT2D eigenvalue weighted by Gasteiger charge is -2.45. The monoisotopic (exact) mass is 309 g/mol. The first-order chi connectivity index (χ1) is 9.88. The molecule has 1 aromatic rings. The number of rotatable bonds is 3. The van der Waals surface area contributed by atoms with Crippen LogP contribution in [0.3, 0.4) is 0 Å². The van der Waals surface area contributed by atoms with Crippen molar-refractivity contribution in [3.63, 3.8) is 0 Å². The Labute approximate surface area is 129 Å². The van der Waals surface area contributed by atoms with E-state index in [-0.39, 0.29) is 11.4 Å². The molecule has 0 radical (unpaired) electrons. The van der Waals surface area contributed by atoms with Crippen molar-refractivity contribution in [3.8, 4) is 0 Å². The van der Waals surface area contributed by atoms with Crippen LogP contribution in [0.2, 0.25) is 0 Å². The maximum atomic E-state index is 12.4. The highest BCUT2D eigenvalue weighted by atomic mass is 32.1. The minimum absolute atomic E-state index is 0.0707. The highest BCUT2D eigenvalue weighted by Gasteiger charge is 2.35. The number of amides is 1. The zero-order chi connectivity index (χ0) is 15.2. The number of nitrogens with two attached hydrogens (primary N) is 1. The van der Waals surface area contributed by atoms with E-state index in [2.05, 4.69) is 40.4 Å². The highest BCUT2D eigenvalue weighted by molar-refractivity contribution is 7.11. The van der Waals surface area contributed by atoms with Gasteiger partial charge in [0.15, 0.2) is 5.82 Å². The topological polar surface area (TPSA) is 74.5 Å². The van der Waals surface area contributed by atoms with Crippen LogP contribution in [0.4, 0.5) is 10.8 Å². The fourth-order valence-corrected chi connectivity index (χ4v) is 3.46. The molecule has 3 rings (SSSR count). The molecule has 0 atom stereocenters. The zero-order valence-electron chi connectivity index (χ0n) is 12.8. The molecule has 7 heteroatoms. The smallest absolute Gasteiger partial charge is 0.258 e. The molecule has 21 heavy (non-hydrogen) atoms.